The van der Waals surface area contributed by atoms with Gasteiger partial charge in [0.1, 0.15) is 17.4 Å². The Morgan fingerprint density at radius 3 is 2.28 bits per heavy atom. The minimum atomic E-state index is -0.757. The number of carbonyl (C=O) groups is 1. The highest BCUT2D eigenvalue weighted by Crippen LogP contribution is 2.40. The van der Waals surface area contributed by atoms with Crippen molar-refractivity contribution < 1.29 is 4.79 Å². The maximum Gasteiger partial charge on any atom is 0.258 e. The first-order chi connectivity index (χ1) is 11.8. The molecule has 0 bridgehead atoms. The van der Waals surface area contributed by atoms with Gasteiger partial charge in [0, 0.05) is 10.2 Å². The fraction of sp³-hybridized carbons (Fsp3) is 0.200. The Bertz CT molecular complexity index is 910. The fourth-order valence-corrected chi connectivity index (χ4v) is 3.53. The molecule has 0 aromatic heterocycles. The van der Waals surface area contributed by atoms with Crippen molar-refractivity contribution in [2.75, 3.05) is 9.80 Å². The summed E-state index contributed by atoms with van der Waals surface area (Å²) in [6, 6.07) is 15.4. The van der Waals surface area contributed by atoms with E-state index in [0.29, 0.717) is 21.5 Å². The topological polar surface area (TPSA) is 47.3 Å². The van der Waals surface area contributed by atoms with Gasteiger partial charge in [-0.25, -0.2) is 0 Å². The van der Waals surface area contributed by atoms with E-state index in [0.717, 1.165) is 11.3 Å². The molecule has 0 atom stereocenters. The van der Waals surface area contributed by atoms with Crippen LogP contribution in [0, 0.1) is 18.3 Å². The van der Waals surface area contributed by atoms with E-state index in [1.54, 1.807) is 23.1 Å². The molecule has 1 amide bonds. The molecule has 1 fully saturated rings. The first kappa shape index (κ1) is 17.2. The highest BCUT2D eigenvalue weighted by atomic mass is 79.9. The number of amides is 1. The van der Waals surface area contributed by atoms with E-state index in [4.69, 9.17) is 5.26 Å². The fourth-order valence-electron chi connectivity index (χ4n) is 3.07. The van der Waals surface area contributed by atoms with Crippen molar-refractivity contribution in [2.24, 2.45) is 0 Å². The molecule has 1 heterocycles. The third-order valence-corrected chi connectivity index (χ3v) is 5.08. The van der Waals surface area contributed by atoms with Gasteiger partial charge in [-0.3, -0.25) is 9.69 Å². The number of anilines is 2. The maximum absolute atomic E-state index is 13.1. The molecule has 0 saturated carbocycles. The monoisotopic (exact) mass is 395 g/mol. The maximum atomic E-state index is 13.1. The molecule has 25 heavy (non-hydrogen) atoms. The van der Waals surface area contributed by atoms with Crippen LogP contribution in [0.4, 0.5) is 11.4 Å². The zero-order valence-electron chi connectivity index (χ0n) is 14.4. The SMILES string of the molecule is C=C1N(c2ccc(C#N)c(Br)c2)C(=O)C(C)(C)N1c1ccc(C)cc1. The highest BCUT2D eigenvalue weighted by molar-refractivity contribution is 9.10. The van der Waals surface area contributed by atoms with Crippen molar-refractivity contribution in [3.63, 3.8) is 0 Å². The smallest absolute Gasteiger partial charge is 0.258 e. The number of aryl methyl sites for hydroxylation is 1. The molecule has 0 spiro atoms. The second-order valence-electron chi connectivity index (χ2n) is 6.56. The van der Waals surface area contributed by atoms with Crippen LogP contribution in [-0.4, -0.2) is 11.4 Å². The summed E-state index contributed by atoms with van der Waals surface area (Å²) in [5, 5.41) is 9.09. The van der Waals surface area contributed by atoms with Gasteiger partial charge in [-0.05, 0) is 67.0 Å². The molecule has 4 nitrogen and oxygen atoms in total. The summed E-state index contributed by atoms with van der Waals surface area (Å²) in [6.07, 6.45) is 0. The number of halogens is 1. The molecule has 1 aliphatic rings. The molecule has 3 rings (SSSR count). The Morgan fingerprint density at radius 1 is 1.12 bits per heavy atom. The largest absolute Gasteiger partial charge is 0.313 e. The van der Waals surface area contributed by atoms with Crippen LogP contribution >= 0.6 is 15.9 Å². The number of hydrogen-bond donors (Lipinski definition) is 0. The minimum absolute atomic E-state index is 0.0605. The third kappa shape index (κ3) is 2.73. The summed E-state index contributed by atoms with van der Waals surface area (Å²) < 4.78 is 0.652. The standard InChI is InChI=1S/C20H18BrN3O/c1-13-5-8-16(9-6-13)24-14(2)23(19(25)20(24,3)4)17-10-7-15(12-22)18(21)11-17/h5-11H,2H2,1,3-4H3. The second-order valence-corrected chi connectivity index (χ2v) is 7.42. The summed E-state index contributed by atoms with van der Waals surface area (Å²) in [5.74, 6) is 0.533. The van der Waals surface area contributed by atoms with Crippen LogP contribution in [0.1, 0.15) is 25.0 Å². The van der Waals surface area contributed by atoms with E-state index >= 15 is 0 Å². The zero-order valence-corrected chi connectivity index (χ0v) is 16.0. The van der Waals surface area contributed by atoms with Gasteiger partial charge in [0.2, 0.25) is 0 Å². The minimum Gasteiger partial charge on any atom is -0.313 e. The van der Waals surface area contributed by atoms with Crippen molar-refractivity contribution in [3.8, 4) is 6.07 Å². The lowest BCUT2D eigenvalue weighted by Crippen LogP contribution is -2.43. The van der Waals surface area contributed by atoms with Gasteiger partial charge in [-0.1, -0.05) is 24.3 Å². The highest BCUT2D eigenvalue weighted by Gasteiger charge is 2.49. The van der Waals surface area contributed by atoms with Crippen LogP contribution in [-0.2, 0) is 4.79 Å². The van der Waals surface area contributed by atoms with E-state index in [9.17, 15) is 4.79 Å². The molecule has 1 saturated heterocycles. The van der Waals surface area contributed by atoms with Crippen LogP contribution in [0.25, 0.3) is 0 Å². The van der Waals surface area contributed by atoms with E-state index in [1.165, 1.54) is 0 Å². The molecular formula is C20H18BrN3O. The van der Waals surface area contributed by atoms with Crippen LogP contribution in [0.15, 0.2) is 59.3 Å². The Kier molecular flexibility index (Phi) is 4.18. The molecule has 2 aromatic rings. The zero-order chi connectivity index (χ0) is 18.4. The van der Waals surface area contributed by atoms with E-state index in [2.05, 4.69) is 28.6 Å². The third-order valence-electron chi connectivity index (χ3n) is 4.43. The summed E-state index contributed by atoms with van der Waals surface area (Å²) in [5.41, 5.74) is 2.53. The Labute approximate surface area is 156 Å². The lowest BCUT2D eigenvalue weighted by molar-refractivity contribution is -0.120. The molecule has 0 radical (unpaired) electrons. The van der Waals surface area contributed by atoms with Crippen LogP contribution in [0.2, 0.25) is 0 Å². The Balaban J connectivity index is 2.07. The van der Waals surface area contributed by atoms with Crippen LogP contribution in [0.5, 0.6) is 0 Å². The lowest BCUT2D eigenvalue weighted by Gasteiger charge is -2.30. The lowest BCUT2D eigenvalue weighted by atomic mass is 10.0. The number of benzene rings is 2. The molecule has 0 aliphatic carbocycles. The van der Waals surface area contributed by atoms with Crippen molar-refractivity contribution >= 4 is 33.2 Å². The predicted molar refractivity (Wildman–Crippen MR) is 103 cm³/mol. The summed E-state index contributed by atoms with van der Waals surface area (Å²) in [7, 11) is 0. The molecule has 5 heteroatoms. The van der Waals surface area contributed by atoms with Gasteiger partial charge in [-0.2, -0.15) is 5.26 Å². The molecule has 126 valence electrons. The quantitative estimate of drug-likeness (QED) is 0.737. The molecular weight excluding hydrogens is 378 g/mol. The normalized spacial score (nSPS) is 16.3. The number of rotatable bonds is 2. The summed E-state index contributed by atoms with van der Waals surface area (Å²) in [6.45, 7) is 9.96. The number of nitriles is 1. The van der Waals surface area contributed by atoms with Crippen molar-refractivity contribution in [1.82, 2.24) is 0 Å². The van der Waals surface area contributed by atoms with Gasteiger partial charge in [0.05, 0.1) is 11.3 Å². The van der Waals surface area contributed by atoms with Gasteiger partial charge in [0.15, 0.2) is 0 Å². The van der Waals surface area contributed by atoms with Gasteiger partial charge in [-0.15, -0.1) is 0 Å². The molecule has 0 unspecified atom stereocenters. The number of nitrogens with zero attached hydrogens (tertiary/aromatic N) is 3. The summed E-state index contributed by atoms with van der Waals surface area (Å²) >= 11 is 3.39. The average molecular weight is 396 g/mol. The van der Waals surface area contributed by atoms with E-state index in [-0.39, 0.29) is 5.91 Å². The predicted octanol–water partition coefficient (Wildman–Crippen LogP) is 4.73. The van der Waals surface area contributed by atoms with Gasteiger partial charge < -0.3 is 4.90 Å². The van der Waals surface area contributed by atoms with Crippen LogP contribution in [0.3, 0.4) is 0 Å². The number of carbonyl (C=O) groups excluding carboxylic acids is 1. The van der Waals surface area contributed by atoms with Crippen molar-refractivity contribution in [1.29, 1.82) is 5.26 Å². The first-order valence-corrected chi connectivity index (χ1v) is 8.66. The van der Waals surface area contributed by atoms with E-state index in [1.807, 2.05) is 49.9 Å². The van der Waals surface area contributed by atoms with E-state index < -0.39 is 5.54 Å². The first-order valence-electron chi connectivity index (χ1n) is 7.87. The Morgan fingerprint density at radius 2 is 1.72 bits per heavy atom. The second kappa shape index (κ2) is 6.05. The van der Waals surface area contributed by atoms with Gasteiger partial charge in [0.25, 0.3) is 5.91 Å². The van der Waals surface area contributed by atoms with Crippen LogP contribution < -0.4 is 9.80 Å². The molecule has 2 aromatic carbocycles. The summed E-state index contributed by atoms with van der Waals surface area (Å²) in [4.78, 5) is 16.6. The molecule has 0 N–H and O–H groups in total. The van der Waals surface area contributed by atoms with Crippen molar-refractivity contribution in [3.05, 3.63) is 70.5 Å². The average Bonchev–Trinajstić information content (AvgIpc) is 2.74. The molecule has 1 aliphatic heterocycles. The number of hydrogen-bond acceptors (Lipinski definition) is 3. The van der Waals surface area contributed by atoms with Gasteiger partial charge >= 0.3 is 0 Å². The van der Waals surface area contributed by atoms with Crippen molar-refractivity contribution in [2.45, 2.75) is 26.3 Å². The Hall–Kier alpha value is -2.58.